The number of ether oxygens (including phenoxy) is 1. The molecule has 0 amide bonds. The molecule has 0 aromatic carbocycles. The molecule has 17 heavy (non-hydrogen) atoms. The summed E-state index contributed by atoms with van der Waals surface area (Å²) in [6, 6.07) is 0. The number of halogens is 3. The van der Waals surface area contributed by atoms with E-state index in [2.05, 4.69) is 4.74 Å². The van der Waals surface area contributed by atoms with Crippen LogP contribution in [0.2, 0.25) is 0 Å². The van der Waals surface area contributed by atoms with Crippen LogP contribution in [0, 0.1) is 11.3 Å². The lowest BCUT2D eigenvalue weighted by Gasteiger charge is -2.30. The Bertz CT molecular complexity index is 225. The van der Waals surface area contributed by atoms with Crippen LogP contribution >= 0.6 is 0 Å². The molecule has 0 aromatic rings. The van der Waals surface area contributed by atoms with Gasteiger partial charge in [0.25, 0.3) is 0 Å². The van der Waals surface area contributed by atoms with Gasteiger partial charge in [-0.3, -0.25) is 0 Å². The van der Waals surface area contributed by atoms with E-state index in [1.54, 1.807) is 0 Å². The Morgan fingerprint density at radius 1 is 1.29 bits per heavy atom. The zero-order valence-electron chi connectivity index (χ0n) is 9.80. The smallest absolute Gasteiger partial charge is 0.396 e. The summed E-state index contributed by atoms with van der Waals surface area (Å²) in [5.74, 6) is 0.577. The van der Waals surface area contributed by atoms with Gasteiger partial charge >= 0.3 is 6.18 Å². The van der Waals surface area contributed by atoms with E-state index < -0.39 is 18.2 Å². The molecule has 1 rings (SSSR count). The molecule has 1 saturated carbocycles. The van der Waals surface area contributed by atoms with Crippen LogP contribution in [-0.2, 0) is 4.74 Å². The van der Waals surface area contributed by atoms with Crippen LogP contribution in [0.15, 0.2) is 0 Å². The molecule has 3 nitrogen and oxygen atoms in total. The summed E-state index contributed by atoms with van der Waals surface area (Å²) in [5, 5.41) is 9.35. The van der Waals surface area contributed by atoms with Crippen LogP contribution in [0.25, 0.3) is 0 Å². The maximum absolute atomic E-state index is 11.9. The molecule has 102 valence electrons. The lowest BCUT2D eigenvalue weighted by atomic mass is 9.80. The second-order valence-corrected chi connectivity index (χ2v) is 4.93. The van der Waals surface area contributed by atoms with Crippen LogP contribution in [0.1, 0.15) is 25.7 Å². The highest BCUT2D eigenvalue weighted by Crippen LogP contribution is 2.41. The van der Waals surface area contributed by atoms with Crippen LogP contribution in [-0.4, -0.2) is 37.6 Å². The predicted molar refractivity (Wildman–Crippen MR) is 57.4 cm³/mol. The molecule has 1 aliphatic carbocycles. The average molecular weight is 255 g/mol. The molecule has 0 saturated heterocycles. The van der Waals surface area contributed by atoms with E-state index >= 15 is 0 Å². The molecule has 1 aliphatic rings. The fraction of sp³-hybridized carbons (Fsp3) is 1.00. The molecule has 0 aromatic heterocycles. The first kappa shape index (κ1) is 14.7. The second kappa shape index (κ2) is 6.02. The van der Waals surface area contributed by atoms with Gasteiger partial charge in [-0.05, 0) is 18.8 Å². The molecule has 0 bridgehead atoms. The predicted octanol–water partition coefficient (Wildman–Crippen LogP) is 1.69. The molecule has 0 heterocycles. The van der Waals surface area contributed by atoms with Crippen molar-refractivity contribution < 1.29 is 23.0 Å². The maximum atomic E-state index is 11.9. The first-order valence-electron chi connectivity index (χ1n) is 5.86. The normalized spacial score (nSPS) is 20.3. The Morgan fingerprint density at radius 3 is 2.35 bits per heavy atom. The minimum Gasteiger partial charge on any atom is -0.396 e. The largest absolute Gasteiger partial charge is 0.411 e. The van der Waals surface area contributed by atoms with Crippen molar-refractivity contribution >= 4 is 0 Å². The van der Waals surface area contributed by atoms with Crippen molar-refractivity contribution in [2.24, 2.45) is 17.1 Å². The highest BCUT2D eigenvalue weighted by molar-refractivity contribution is 4.87. The van der Waals surface area contributed by atoms with Gasteiger partial charge in [-0.15, -0.1) is 0 Å². The molecule has 0 spiro atoms. The number of aliphatic hydroxyl groups excluding tert-OH is 1. The van der Waals surface area contributed by atoms with Gasteiger partial charge < -0.3 is 15.6 Å². The van der Waals surface area contributed by atoms with E-state index in [0.29, 0.717) is 12.3 Å². The highest BCUT2D eigenvalue weighted by atomic mass is 19.4. The summed E-state index contributed by atoms with van der Waals surface area (Å²) >= 11 is 0. The Balaban J connectivity index is 2.28. The van der Waals surface area contributed by atoms with Gasteiger partial charge in [-0.1, -0.05) is 12.8 Å². The van der Waals surface area contributed by atoms with Crippen molar-refractivity contribution in [3.05, 3.63) is 0 Å². The van der Waals surface area contributed by atoms with Crippen LogP contribution in [0.4, 0.5) is 13.2 Å². The van der Waals surface area contributed by atoms with Gasteiger partial charge in [0.15, 0.2) is 0 Å². The second-order valence-electron chi connectivity index (χ2n) is 4.93. The first-order valence-corrected chi connectivity index (χ1v) is 5.86. The van der Waals surface area contributed by atoms with Gasteiger partial charge in [-0.2, -0.15) is 13.2 Å². The molecule has 6 heteroatoms. The molecule has 0 aliphatic heterocycles. The van der Waals surface area contributed by atoms with E-state index in [-0.39, 0.29) is 19.8 Å². The molecule has 1 atom stereocenters. The van der Waals surface area contributed by atoms with E-state index in [1.165, 1.54) is 0 Å². The van der Waals surface area contributed by atoms with Crippen LogP contribution < -0.4 is 5.73 Å². The van der Waals surface area contributed by atoms with Gasteiger partial charge in [0.2, 0.25) is 0 Å². The van der Waals surface area contributed by atoms with Crippen molar-refractivity contribution in [3.63, 3.8) is 0 Å². The van der Waals surface area contributed by atoms with Gasteiger partial charge in [-0.25, -0.2) is 0 Å². The van der Waals surface area contributed by atoms with Crippen molar-refractivity contribution in [2.75, 3.05) is 26.4 Å². The third kappa shape index (κ3) is 5.70. The lowest BCUT2D eigenvalue weighted by molar-refractivity contribution is -0.175. The van der Waals surface area contributed by atoms with E-state index in [1.807, 2.05) is 0 Å². The summed E-state index contributed by atoms with van der Waals surface area (Å²) in [6.07, 6.45) is -0.862. The lowest BCUT2D eigenvalue weighted by Crippen LogP contribution is -2.36. The fourth-order valence-corrected chi connectivity index (χ4v) is 1.91. The van der Waals surface area contributed by atoms with Crippen LogP contribution in [0.5, 0.6) is 0 Å². The quantitative estimate of drug-likeness (QED) is 0.649. The SMILES string of the molecule is NCC(CO)(CCOCC(F)(F)F)CC1CC1. The summed E-state index contributed by atoms with van der Waals surface area (Å²) in [7, 11) is 0. The molecule has 1 fully saturated rings. The number of hydrogen-bond acceptors (Lipinski definition) is 3. The number of nitrogens with two attached hydrogens (primary N) is 1. The van der Waals surface area contributed by atoms with E-state index in [4.69, 9.17) is 5.73 Å². The number of alkyl halides is 3. The first-order chi connectivity index (χ1) is 7.91. The van der Waals surface area contributed by atoms with Gasteiger partial charge in [0, 0.05) is 25.2 Å². The van der Waals surface area contributed by atoms with Gasteiger partial charge in [0.05, 0.1) is 0 Å². The third-order valence-electron chi connectivity index (χ3n) is 3.23. The zero-order chi connectivity index (χ0) is 12.9. The molecule has 3 N–H and O–H groups in total. The highest BCUT2D eigenvalue weighted by Gasteiger charge is 2.36. The Labute approximate surface area is 99.1 Å². The molecular formula is C11H20F3NO2. The fourth-order valence-electron chi connectivity index (χ4n) is 1.91. The van der Waals surface area contributed by atoms with Crippen molar-refractivity contribution in [3.8, 4) is 0 Å². The Hall–Kier alpha value is -0.330. The van der Waals surface area contributed by atoms with Crippen LogP contribution in [0.3, 0.4) is 0 Å². The van der Waals surface area contributed by atoms with Crippen molar-refractivity contribution in [2.45, 2.75) is 31.9 Å². The zero-order valence-corrected chi connectivity index (χ0v) is 9.80. The summed E-state index contributed by atoms with van der Waals surface area (Å²) in [4.78, 5) is 0. The van der Waals surface area contributed by atoms with E-state index in [9.17, 15) is 18.3 Å². The minimum absolute atomic E-state index is 0.00993. The minimum atomic E-state index is -4.29. The monoisotopic (exact) mass is 255 g/mol. The summed E-state index contributed by atoms with van der Waals surface area (Å²) < 4.78 is 40.1. The topological polar surface area (TPSA) is 55.5 Å². The number of hydrogen-bond donors (Lipinski definition) is 2. The molecule has 0 radical (unpaired) electrons. The van der Waals surface area contributed by atoms with Crippen molar-refractivity contribution in [1.82, 2.24) is 0 Å². The Kier molecular flexibility index (Phi) is 5.22. The standard InChI is InChI=1S/C11H20F3NO2/c12-11(13,14)8-17-4-3-10(6-15,7-16)5-9-1-2-9/h9,16H,1-8,15H2. The summed E-state index contributed by atoms with van der Waals surface area (Å²) in [6.45, 7) is -1.04. The number of rotatable bonds is 8. The maximum Gasteiger partial charge on any atom is 0.411 e. The third-order valence-corrected chi connectivity index (χ3v) is 3.23. The van der Waals surface area contributed by atoms with E-state index in [0.717, 1.165) is 19.3 Å². The van der Waals surface area contributed by atoms with Crippen molar-refractivity contribution in [1.29, 1.82) is 0 Å². The molecule has 1 unspecified atom stereocenters. The Morgan fingerprint density at radius 2 is 1.94 bits per heavy atom. The number of aliphatic hydroxyl groups is 1. The molecular weight excluding hydrogens is 235 g/mol. The van der Waals surface area contributed by atoms with Gasteiger partial charge in [0.1, 0.15) is 6.61 Å². The average Bonchev–Trinajstić information content (AvgIpc) is 3.05. The summed E-state index contributed by atoms with van der Waals surface area (Å²) in [5.41, 5.74) is 5.16.